The molecule has 0 bridgehead atoms. The number of benzene rings is 1. The maximum Gasteiger partial charge on any atom is 0.181 e. The summed E-state index contributed by atoms with van der Waals surface area (Å²) in [7, 11) is 0. The molecule has 0 radical (unpaired) electrons. The Balaban J connectivity index is 2.45. The molecule has 1 aromatic carbocycles. The summed E-state index contributed by atoms with van der Waals surface area (Å²) in [5.74, 6) is 1.77. The lowest BCUT2D eigenvalue weighted by atomic mass is 10.0. The van der Waals surface area contributed by atoms with Gasteiger partial charge in [-0.1, -0.05) is 0 Å². The SMILES string of the molecule is CCOc1cc(C)c(-c2ncoc2CCN)cc1C. The van der Waals surface area contributed by atoms with E-state index in [9.17, 15) is 0 Å². The monoisotopic (exact) mass is 260 g/mol. The lowest BCUT2D eigenvalue weighted by Crippen LogP contribution is -2.03. The molecule has 0 aliphatic heterocycles. The summed E-state index contributed by atoms with van der Waals surface area (Å²) in [5.41, 5.74) is 9.78. The third kappa shape index (κ3) is 2.79. The van der Waals surface area contributed by atoms with Gasteiger partial charge in [0.25, 0.3) is 0 Å². The van der Waals surface area contributed by atoms with Gasteiger partial charge in [-0.05, 0) is 50.6 Å². The predicted molar refractivity (Wildman–Crippen MR) is 75.3 cm³/mol. The molecule has 19 heavy (non-hydrogen) atoms. The van der Waals surface area contributed by atoms with Crippen LogP contribution in [0.4, 0.5) is 0 Å². The zero-order chi connectivity index (χ0) is 13.8. The zero-order valence-electron chi connectivity index (χ0n) is 11.7. The predicted octanol–water partition coefficient (Wildman–Crippen LogP) is 2.86. The van der Waals surface area contributed by atoms with Gasteiger partial charge in [0.2, 0.25) is 0 Å². The Morgan fingerprint density at radius 3 is 2.74 bits per heavy atom. The third-order valence-corrected chi connectivity index (χ3v) is 3.09. The number of nitrogens with two attached hydrogens (primary N) is 1. The second-order valence-electron chi connectivity index (χ2n) is 4.53. The molecule has 1 aromatic heterocycles. The van der Waals surface area contributed by atoms with E-state index < -0.39 is 0 Å². The van der Waals surface area contributed by atoms with E-state index in [1.165, 1.54) is 6.39 Å². The Kier molecular flexibility index (Phi) is 4.22. The molecule has 2 N–H and O–H groups in total. The minimum absolute atomic E-state index is 0.553. The highest BCUT2D eigenvalue weighted by Crippen LogP contribution is 2.31. The molecule has 0 saturated heterocycles. The number of nitrogens with zero attached hydrogens (tertiary/aromatic N) is 1. The van der Waals surface area contributed by atoms with Gasteiger partial charge in [-0.3, -0.25) is 0 Å². The van der Waals surface area contributed by atoms with Gasteiger partial charge in [0, 0.05) is 12.0 Å². The van der Waals surface area contributed by atoms with Crippen molar-refractivity contribution in [2.45, 2.75) is 27.2 Å². The summed E-state index contributed by atoms with van der Waals surface area (Å²) >= 11 is 0. The van der Waals surface area contributed by atoms with E-state index in [2.05, 4.69) is 24.0 Å². The van der Waals surface area contributed by atoms with Gasteiger partial charge in [0.05, 0.1) is 6.61 Å². The zero-order valence-corrected chi connectivity index (χ0v) is 11.7. The van der Waals surface area contributed by atoms with E-state index in [4.69, 9.17) is 14.9 Å². The number of aryl methyl sites for hydroxylation is 2. The van der Waals surface area contributed by atoms with Crippen LogP contribution in [0, 0.1) is 13.8 Å². The molecule has 102 valence electrons. The van der Waals surface area contributed by atoms with Gasteiger partial charge in [0.15, 0.2) is 6.39 Å². The van der Waals surface area contributed by atoms with Gasteiger partial charge < -0.3 is 14.9 Å². The molecule has 0 atom stereocenters. The van der Waals surface area contributed by atoms with Gasteiger partial charge in [0.1, 0.15) is 17.2 Å². The van der Waals surface area contributed by atoms with Crippen LogP contribution in [0.15, 0.2) is 22.9 Å². The summed E-state index contributed by atoms with van der Waals surface area (Å²) in [5, 5.41) is 0. The molecule has 1 heterocycles. The standard InChI is InChI=1S/C15H20N2O2/c1-4-18-14-8-10(2)12(7-11(14)3)15-13(5-6-16)19-9-17-15/h7-9H,4-6,16H2,1-3H3. The molecular formula is C15H20N2O2. The molecule has 0 aliphatic carbocycles. The smallest absolute Gasteiger partial charge is 0.181 e. The average molecular weight is 260 g/mol. The van der Waals surface area contributed by atoms with E-state index >= 15 is 0 Å². The van der Waals surface area contributed by atoms with Gasteiger partial charge >= 0.3 is 0 Å². The second kappa shape index (κ2) is 5.89. The Morgan fingerprint density at radius 1 is 1.26 bits per heavy atom. The van der Waals surface area contributed by atoms with Gasteiger partial charge in [-0.15, -0.1) is 0 Å². The fourth-order valence-electron chi connectivity index (χ4n) is 2.15. The number of hydrogen-bond donors (Lipinski definition) is 1. The van der Waals surface area contributed by atoms with Crippen molar-refractivity contribution >= 4 is 0 Å². The first-order valence-corrected chi connectivity index (χ1v) is 6.54. The average Bonchev–Trinajstić information content (AvgIpc) is 2.82. The van der Waals surface area contributed by atoms with E-state index in [0.29, 0.717) is 19.6 Å². The van der Waals surface area contributed by atoms with Crippen molar-refractivity contribution < 1.29 is 9.15 Å². The molecule has 2 aromatic rings. The maximum absolute atomic E-state index is 5.60. The highest BCUT2D eigenvalue weighted by molar-refractivity contribution is 5.67. The molecule has 0 fully saturated rings. The van der Waals surface area contributed by atoms with Crippen molar-refractivity contribution in [3.63, 3.8) is 0 Å². The fourth-order valence-corrected chi connectivity index (χ4v) is 2.15. The van der Waals surface area contributed by atoms with Crippen molar-refractivity contribution in [3.8, 4) is 17.0 Å². The van der Waals surface area contributed by atoms with Crippen LogP contribution in [0.3, 0.4) is 0 Å². The number of oxazole rings is 1. The largest absolute Gasteiger partial charge is 0.494 e. The minimum atomic E-state index is 0.553. The molecule has 0 unspecified atom stereocenters. The molecule has 0 aliphatic rings. The van der Waals surface area contributed by atoms with E-state index in [0.717, 1.165) is 33.9 Å². The first-order valence-electron chi connectivity index (χ1n) is 6.54. The summed E-state index contributed by atoms with van der Waals surface area (Å²) < 4.78 is 11.0. The van der Waals surface area contributed by atoms with Crippen molar-refractivity contribution in [1.82, 2.24) is 4.98 Å². The van der Waals surface area contributed by atoms with E-state index in [-0.39, 0.29) is 0 Å². The summed E-state index contributed by atoms with van der Waals surface area (Å²) in [6, 6.07) is 4.15. The first-order chi connectivity index (χ1) is 9.17. The van der Waals surface area contributed by atoms with Crippen LogP contribution < -0.4 is 10.5 Å². The van der Waals surface area contributed by atoms with Crippen LogP contribution in [0.25, 0.3) is 11.3 Å². The van der Waals surface area contributed by atoms with Crippen molar-refractivity contribution in [3.05, 3.63) is 35.4 Å². The van der Waals surface area contributed by atoms with Gasteiger partial charge in [-0.2, -0.15) is 0 Å². The van der Waals surface area contributed by atoms with E-state index in [1.807, 2.05) is 13.8 Å². The normalized spacial score (nSPS) is 10.7. The minimum Gasteiger partial charge on any atom is -0.494 e. The summed E-state index contributed by atoms with van der Waals surface area (Å²) in [6.07, 6.45) is 2.17. The Labute approximate surface area is 113 Å². The van der Waals surface area contributed by atoms with Crippen LogP contribution in [0.5, 0.6) is 5.75 Å². The molecule has 0 saturated carbocycles. The van der Waals surface area contributed by atoms with E-state index in [1.54, 1.807) is 0 Å². The number of aromatic nitrogens is 1. The quantitative estimate of drug-likeness (QED) is 0.898. The summed E-state index contributed by atoms with van der Waals surface area (Å²) in [6.45, 7) is 7.30. The van der Waals surface area contributed by atoms with Crippen molar-refractivity contribution in [2.75, 3.05) is 13.2 Å². The molecule has 4 nitrogen and oxygen atoms in total. The summed E-state index contributed by atoms with van der Waals surface area (Å²) in [4.78, 5) is 4.32. The second-order valence-corrected chi connectivity index (χ2v) is 4.53. The molecule has 0 spiro atoms. The van der Waals surface area contributed by atoms with Crippen molar-refractivity contribution in [2.24, 2.45) is 5.73 Å². The Bertz CT molecular complexity index is 561. The number of hydrogen-bond acceptors (Lipinski definition) is 4. The number of rotatable bonds is 5. The van der Waals surface area contributed by atoms with Crippen molar-refractivity contribution in [1.29, 1.82) is 0 Å². The lowest BCUT2D eigenvalue weighted by Gasteiger charge is -2.12. The lowest BCUT2D eigenvalue weighted by molar-refractivity contribution is 0.337. The molecule has 2 rings (SSSR count). The topological polar surface area (TPSA) is 61.3 Å². The highest BCUT2D eigenvalue weighted by atomic mass is 16.5. The Hall–Kier alpha value is -1.81. The Morgan fingerprint density at radius 2 is 2.05 bits per heavy atom. The van der Waals surface area contributed by atoms with Crippen LogP contribution in [0.1, 0.15) is 23.8 Å². The van der Waals surface area contributed by atoms with Crippen LogP contribution in [-0.2, 0) is 6.42 Å². The van der Waals surface area contributed by atoms with Crippen LogP contribution in [0.2, 0.25) is 0 Å². The maximum atomic E-state index is 5.60. The molecular weight excluding hydrogens is 240 g/mol. The van der Waals surface area contributed by atoms with Gasteiger partial charge in [-0.25, -0.2) is 4.98 Å². The fraction of sp³-hybridized carbons (Fsp3) is 0.400. The number of ether oxygens (including phenoxy) is 1. The first kappa shape index (κ1) is 13.6. The van der Waals surface area contributed by atoms with Crippen LogP contribution in [-0.4, -0.2) is 18.1 Å². The molecule has 0 amide bonds. The molecule has 4 heteroatoms. The third-order valence-electron chi connectivity index (χ3n) is 3.09. The highest BCUT2D eigenvalue weighted by Gasteiger charge is 2.14. The van der Waals surface area contributed by atoms with Crippen LogP contribution >= 0.6 is 0 Å².